The molecule has 0 saturated carbocycles. The lowest BCUT2D eigenvalue weighted by molar-refractivity contribution is 0.0916. The molecule has 1 aromatic rings. The number of alkyl halides is 1. The first-order valence-electron chi connectivity index (χ1n) is 4.80. The lowest BCUT2D eigenvalue weighted by Crippen LogP contribution is -2.45. The first-order valence-corrected chi connectivity index (χ1v) is 5.71. The van der Waals surface area contributed by atoms with Crippen LogP contribution < -0.4 is 5.32 Å². The summed E-state index contributed by atoms with van der Waals surface area (Å²) in [6.07, 6.45) is 0. The molecule has 1 rings (SSSR count). The van der Waals surface area contributed by atoms with E-state index in [1.165, 1.54) is 0 Å². The van der Waals surface area contributed by atoms with Gasteiger partial charge in [0.2, 0.25) is 0 Å². The zero-order valence-corrected chi connectivity index (χ0v) is 10.8. The van der Waals surface area contributed by atoms with Crippen molar-refractivity contribution in [2.24, 2.45) is 0 Å². The molecule has 94 valence electrons. The predicted octanol–water partition coefficient (Wildman–Crippen LogP) is 3.37. The number of hydrogen-bond acceptors (Lipinski definition) is 1. The van der Waals surface area contributed by atoms with E-state index in [9.17, 15) is 13.6 Å². The van der Waals surface area contributed by atoms with Gasteiger partial charge in [0.15, 0.2) is 0 Å². The Kier molecular flexibility index (Phi) is 4.33. The van der Waals surface area contributed by atoms with Crippen LogP contribution in [-0.2, 0) is 0 Å². The summed E-state index contributed by atoms with van der Waals surface area (Å²) in [6, 6.07) is 1.52. The highest BCUT2D eigenvalue weighted by Gasteiger charge is 2.22. The predicted molar refractivity (Wildman–Crippen MR) is 63.6 cm³/mol. The molecule has 1 aromatic carbocycles. The summed E-state index contributed by atoms with van der Waals surface area (Å²) in [5.74, 6) is -2.30. The molecule has 2 nitrogen and oxygen atoms in total. The molecule has 0 atom stereocenters. The zero-order chi connectivity index (χ0) is 13.2. The van der Waals surface area contributed by atoms with Crippen LogP contribution in [0.3, 0.4) is 0 Å². The lowest BCUT2D eigenvalue weighted by Gasteiger charge is -2.23. The van der Waals surface area contributed by atoms with Crippen molar-refractivity contribution >= 4 is 29.1 Å². The Bertz CT molecular complexity index is 449. The molecule has 1 amide bonds. The normalized spacial score (nSPS) is 11.4. The van der Waals surface area contributed by atoms with Crippen molar-refractivity contribution in [3.05, 3.63) is 34.4 Å². The van der Waals surface area contributed by atoms with Crippen molar-refractivity contribution in [3.63, 3.8) is 0 Å². The standard InChI is InChI=1S/C11H11Cl2F2NO/c1-11(2,5-12)16-10(17)6-3-9(15)7(13)4-8(6)14/h3-4H,5H2,1-2H3,(H,16,17). The molecule has 0 heterocycles. The van der Waals surface area contributed by atoms with Crippen LogP contribution in [0, 0.1) is 11.6 Å². The van der Waals surface area contributed by atoms with Crippen molar-refractivity contribution in [1.29, 1.82) is 0 Å². The molecular formula is C11H11Cl2F2NO. The Labute approximate surface area is 108 Å². The van der Waals surface area contributed by atoms with Crippen LogP contribution in [0.15, 0.2) is 12.1 Å². The first-order chi connectivity index (χ1) is 7.76. The third kappa shape index (κ3) is 3.54. The SMILES string of the molecule is CC(C)(CCl)NC(=O)c1cc(F)c(Cl)cc1F. The topological polar surface area (TPSA) is 29.1 Å². The maximum absolute atomic E-state index is 13.4. The van der Waals surface area contributed by atoms with Gasteiger partial charge in [-0.25, -0.2) is 8.78 Å². The number of amides is 1. The second-order valence-corrected chi connectivity index (χ2v) is 4.89. The van der Waals surface area contributed by atoms with Crippen LogP contribution in [0.2, 0.25) is 5.02 Å². The van der Waals surface area contributed by atoms with Crippen LogP contribution in [0.4, 0.5) is 8.78 Å². The van der Waals surface area contributed by atoms with Crippen LogP contribution in [-0.4, -0.2) is 17.3 Å². The second-order valence-electron chi connectivity index (χ2n) is 4.22. The molecule has 0 aromatic heterocycles. The highest BCUT2D eigenvalue weighted by Crippen LogP contribution is 2.20. The Morgan fingerprint density at radius 2 is 1.94 bits per heavy atom. The summed E-state index contributed by atoms with van der Waals surface area (Å²) in [4.78, 5) is 11.7. The lowest BCUT2D eigenvalue weighted by atomic mass is 10.1. The largest absolute Gasteiger partial charge is 0.346 e. The van der Waals surface area contributed by atoms with Gasteiger partial charge in [0.25, 0.3) is 5.91 Å². The summed E-state index contributed by atoms with van der Waals surface area (Å²) in [6.45, 7) is 3.34. The Balaban J connectivity index is 3.01. The Hall–Kier alpha value is -0.870. The summed E-state index contributed by atoms with van der Waals surface area (Å²) >= 11 is 11.0. The Morgan fingerprint density at radius 1 is 1.35 bits per heavy atom. The number of carbonyl (C=O) groups is 1. The molecule has 0 spiro atoms. The molecule has 0 aliphatic rings. The van der Waals surface area contributed by atoms with E-state index in [4.69, 9.17) is 23.2 Å². The molecule has 0 saturated heterocycles. The minimum absolute atomic E-state index is 0.149. The summed E-state index contributed by atoms with van der Waals surface area (Å²) < 4.78 is 26.5. The summed E-state index contributed by atoms with van der Waals surface area (Å²) in [5.41, 5.74) is -1.11. The van der Waals surface area contributed by atoms with E-state index in [0.29, 0.717) is 0 Å². The minimum Gasteiger partial charge on any atom is -0.346 e. The van der Waals surface area contributed by atoms with Gasteiger partial charge >= 0.3 is 0 Å². The second kappa shape index (κ2) is 5.19. The highest BCUT2D eigenvalue weighted by atomic mass is 35.5. The smallest absolute Gasteiger partial charge is 0.254 e. The van der Waals surface area contributed by atoms with Crippen molar-refractivity contribution < 1.29 is 13.6 Å². The molecule has 1 N–H and O–H groups in total. The first kappa shape index (κ1) is 14.2. The van der Waals surface area contributed by atoms with E-state index in [-0.39, 0.29) is 10.9 Å². The van der Waals surface area contributed by atoms with E-state index < -0.39 is 28.6 Å². The fourth-order valence-corrected chi connectivity index (χ4v) is 1.32. The van der Waals surface area contributed by atoms with Crippen molar-refractivity contribution in [1.82, 2.24) is 5.32 Å². The van der Waals surface area contributed by atoms with Crippen molar-refractivity contribution in [3.8, 4) is 0 Å². The van der Waals surface area contributed by atoms with Crippen molar-refractivity contribution in [2.45, 2.75) is 19.4 Å². The van der Waals surface area contributed by atoms with E-state index >= 15 is 0 Å². The molecule has 0 bridgehead atoms. The summed E-state index contributed by atoms with van der Waals surface area (Å²) in [7, 11) is 0. The average Bonchev–Trinajstić information content (AvgIpc) is 2.22. The molecule has 0 radical (unpaired) electrons. The number of hydrogen-bond donors (Lipinski definition) is 1. The number of benzene rings is 1. The van der Waals surface area contributed by atoms with Gasteiger partial charge in [-0.1, -0.05) is 11.6 Å². The zero-order valence-electron chi connectivity index (χ0n) is 9.28. The molecule has 0 unspecified atom stereocenters. The van der Waals surface area contributed by atoms with Crippen LogP contribution >= 0.6 is 23.2 Å². The van der Waals surface area contributed by atoms with Crippen LogP contribution in [0.5, 0.6) is 0 Å². The van der Waals surface area contributed by atoms with Gasteiger partial charge in [-0.15, -0.1) is 11.6 Å². The maximum Gasteiger partial charge on any atom is 0.254 e. The Morgan fingerprint density at radius 3 is 2.47 bits per heavy atom. The number of carbonyl (C=O) groups excluding carboxylic acids is 1. The van der Waals surface area contributed by atoms with E-state index in [2.05, 4.69) is 5.32 Å². The molecule has 17 heavy (non-hydrogen) atoms. The molecule has 0 fully saturated rings. The summed E-state index contributed by atoms with van der Waals surface area (Å²) in [5, 5.41) is 2.12. The van der Waals surface area contributed by atoms with E-state index in [0.717, 1.165) is 12.1 Å². The van der Waals surface area contributed by atoms with Gasteiger partial charge in [-0.3, -0.25) is 4.79 Å². The fraction of sp³-hybridized carbons (Fsp3) is 0.364. The van der Waals surface area contributed by atoms with Gasteiger partial charge in [0.05, 0.1) is 10.6 Å². The van der Waals surface area contributed by atoms with Gasteiger partial charge in [-0.2, -0.15) is 0 Å². The molecule has 0 aliphatic carbocycles. The maximum atomic E-state index is 13.4. The quantitative estimate of drug-likeness (QED) is 0.668. The minimum atomic E-state index is -0.876. The van der Waals surface area contributed by atoms with Gasteiger partial charge in [-0.05, 0) is 26.0 Å². The fourth-order valence-electron chi connectivity index (χ4n) is 1.10. The number of halogens is 4. The number of rotatable bonds is 3. The third-order valence-electron chi connectivity index (χ3n) is 2.04. The van der Waals surface area contributed by atoms with Crippen LogP contribution in [0.1, 0.15) is 24.2 Å². The van der Waals surface area contributed by atoms with E-state index in [1.807, 2.05) is 0 Å². The van der Waals surface area contributed by atoms with Crippen LogP contribution in [0.25, 0.3) is 0 Å². The van der Waals surface area contributed by atoms with Gasteiger partial charge < -0.3 is 5.32 Å². The van der Waals surface area contributed by atoms with Crippen molar-refractivity contribution in [2.75, 3.05) is 5.88 Å². The number of nitrogens with one attached hydrogen (secondary N) is 1. The average molecular weight is 282 g/mol. The molecular weight excluding hydrogens is 271 g/mol. The molecule has 6 heteroatoms. The van der Waals surface area contributed by atoms with E-state index in [1.54, 1.807) is 13.8 Å². The monoisotopic (exact) mass is 281 g/mol. The van der Waals surface area contributed by atoms with Gasteiger partial charge in [0.1, 0.15) is 11.6 Å². The highest BCUT2D eigenvalue weighted by molar-refractivity contribution is 6.30. The third-order valence-corrected chi connectivity index (χ3v) is 3.00. The van der Waals surface area contributed by atoms with Gasteiger partial charge in [0, 0.05) is 11.4 Å². The molecule has 0 aliphatic heterocycles.